The van der Waals surface area contributed by atoms with Crippen molar-refractivity contribution in [1.29, 1.82) is 0 Å². The van der Waals surface area contributed by atoms with E-state index in [1.165, 1.54) is 28.7 Å². The van der Waals surface area contributed by atoms with Gasteiger partial charge in [0.2, 0.25) is 5.91 Å². The van der Waals surface area contributed by atoms with Crippen molar-refractivity contribution in [2.24, 2.45) is 7.05 Å². The quantitative estimate of drug-likeness (QED) is 0.483. The van der Waals surface area contributed by atoms with Crippen molar-refractivity contribution in [2.75, 3.05) is 12.8 Å². The van der Waals surface area contributed by atoms with Crippen molar-refractivity contribution in [3.63, 3.8) is 0 Å². The number of benzene rings is 1. The summed E-state index contributed by atoms with van der Waals surface area (Å²) in [5.74, 6) is 1.14. The van der Waals surface area contributed by atoms with Crippen LogP contribution in [0.4, 0.5) is 0 Å². The van der Waals surface area contributed by atoms with Crippen LogP contribution in [0.1, 0.15) is 31.2 Å². The van der Waals surface area contributed by atoms with Crippen molar-refractivity contribution in [2.45, 2.75) is 37.9 Å². The average Bonchev–Trinajstić information content (AvgIpc) is 3.24. The molecule has 5 nitrogen and oxygen atoms in total. The highest BCUT2D eigenvalue weighted by Crippen LogP contribution is 2.27. The molecule has 8 heteroatoms. The summed E-state index contributed by atoms with van der Waals surface area (Å²) in [6.07, 6.45) is 0. The maximum Gasteiger partial charge on any atom is 0.233 e. The van der Waals surface area contributed by atoms with Crippen molar-refractivity contribution < 1.29 is 4.79 Å². The zero-order valence-electron chi connectivity index (χ0n) is 17.3. The number of carbonyl (C=O) groups is 1. The Balaban J connectivity index is 1.63. The number of rotatable bonds is 6. The third-order valence-corrected chi connectivity index (χ3v) is 6.84. The van der Waals surface area contributed by atoms with E-state index in [-0.39, 0.29) is 11.3 Å². The Kier molecular flexibility index (Phi) is 6.71. The van der Waals surface area contributed by atoms with Crippen LogP contribution < -0.4 is 0 Å². The predicted molar refractivity (Wildman–Crippen MR) is 122 cm³/mol. The molecule has 0 radical (unpaired) electrons. The van der Waals surface area contributed by atoms with Gasteiger partial charge < -0.3 is 9.47 Å². The number of thiophene rings is 1. The number of thioether (sulfide) groups is 1. The number of hydrogen-bond donors (Lipinski definition) is 0. The Hall–Kier alpha value is -1.83. The molecule has 0 aliphatic rings. The van der Waals surface area contributed by atoms with E-state index in [0.717, 1.165) is 25.8 Å². The first-order valence-electron chi connectivity index (χ1n) is 9.26. The fourth-order valence-electron chi connectivity index (χ4n) is 2.81. The molecule has 0 saturated heterocycles. The summed E-state index contributed by atoms with van der Waals surface area (Å²) in [4.78, 5) is 15.2. The van der Waals surface area contributed by atoms with Crippen LogP contribution in [-0.2, 0) is 23.8 Å². The van der Waals surface area contributed by atoms with Crippen LogP contribution in [0.2, 0.25) is 4.34 Å². The summed E-state index contributed by atoms with van der Waals surface area (Å²) in [5.41, 5.74) is 2.40. The summed E-state index contributed by atoms with van der Waals surface area (Å²) in [6.45, 7) is 7.14. The molecule has 3 rings (SSSR count). The molecule has 2 heterocycles. The number of aromatic nitrogens is 3. The predicted octanol–water partition coefficient (Wildman–Crippen LogP) is 5.25. The molecule has 154 valence electrons. The minimum atomic E-state index is 0.0404. The number of halogens is 1. The fraction of sp³-hybridized carbons (Fsp3) is 0.381. The first kappa shape index (κ1) is 21.9. The highest BCUT2D eigenvalue weighted by molar-refractivity contribution is 7.99. The van der Waals surface area contributed by atoms with Crippen molar-refractivity contribution >= 4 is 40.6 Å². The maximum atomic E-state index is 12.5. The van der Waals surface area contributed by atoms with Gasteiger partial charge in [-0.1, -0.05) is 68.4 Å². The van der Waals surface area contributed by atoms with Gasteiger partial charge in [-0.05, 0) is 23.1 Å². The van der Waals surface area contributed by atoms with Crippen LogP contribution >= 0.6 is 34.7 Å². The lowest BCUT2D eigenvalue weighted by atomic mass is 9.87. The van der Waals surface area contributed by atoms with Gasteiger partial charge in [-0.2, -0.15) is 0 Å². The van der Waals surface area contributed by atoms with Gasteiger partial charge in [0.15, 0.2) is 11.0 Å². The van der Waals surface area contributed by atoms with Crippen LogP contribution in [0.3, 0.4) is 0 Å². The lowest BCUT2D eigenvalue weighted by Crippen LogP contribution is -2.27. The molecular weight excluding hydrogens is 424 g/mol. The third-order valence-electron chi connectivity index (χ3n) is 4.62. The number of hydrogen-bond acceptors (Lipinski definition) is 5. The maximum absolute atomic E-state index is 12.5. The summed E-state index contributed by atoms with van der Waals surface area (Å²) >= 11 is 8.85. The molecular formula is C21H25ClN4OS2. The van der Waals surface area contributed by atoms with Gasteiger partial charge in [0.1, 0.15) is 0 Å². The van der Waals surface area contributed by atoms with Crippen molar-refractivity contribution in [3.05, 3.63) is 51.2 Å². The van der Waals surface area contributed by atoms with Gasteiger partial charge in [-0.25, -0.2) is 0 Å². The lowest BCUT2D eigenvalue weighted by molar-refractivity contribution is -0.127. The summed E-state index contributed by atoms with van der Waals surface area (Å²) in [7, 11) is 3.73. The number of nitrogens with zero attached hydrogens (tertiary/aromatic N) is 4. The second-order valence-corrected chi connectivity index (χ2v) is 10.7. The van der Waals surface area contributed by atoms with Crippen LogP contribution in [0.5, 0.6) is 0 Å². The summed E-state index contributed by atoms with van der Waals surface area (Å²) in [6, 6.07) is 12.2. The first-order chi connectivity index (χ1) is 13.6. The highest BCUT2D eigenvalue weighted by atomic mass is 35.5. The van der Waals surface area contributed by atoms with E-state index < -0.39 is 0 Å². The van der Waals surface area contributed by atoms with Crippen molar-refractivity contribution in [1.82, 2.24) is 19.7 Å². The molecule has 0 fully saturated rings. The molecule has 3 aromatic rings. The molecule has 1 amide bonds. The van der Waals surface area contributed by atoms with Gasteiger partial charge in [-0.15, -0.1) is 21.5 Å². The summed E-state index contributed by atoms with van der Waals surface area (Å²) in [5, 5.41) is 9.32. The Bertz CT molecular complexity index is 989. The van der Waals surface area contributed by atoms with Crippen molar-refractivity contribution in [3.8, 4) is 11.4 Å². The Labute approximate surface area is 185 Å². The van der Waals surface area contributed by atoms with Crippen LogP contribution in [0.25, 0.3) is 11.4 Å². The molecule has 0 aliphatic carbocycles. The molecule has 0 bridgehead atoms. The van der Waals surface area contributed by atoms with Crippen LogP contribution in [0.15, 0.2) is 41.6 Å². The molecule has 0 atom stereocenters. The SMILES string of the molecule is CN(Cc1ccc(Cl)s1)C(=O)CSc1nnc(-c2ccc(C(C)(C)C)cc2)n1C. The Morgan fingerprint density at radius 3 is 2.45 bits per heavy atom. The molecule has 0 saturated carbocycles. The van der Waals surface area contributed by atoms with Gasteiger partial charge in [0.05, 0.1) is 16.6 Å². The Morgan fingerprint density at radius 2 is 1.86 bits per heavy atom. The zero-order valence-corrected chi connectivity index (χ0v) is 19.7. The highest BCUT2D eigenvalue weighted by Gasteiger charge is 2.17. The fourth-order valence-corrected chi connectivity index (χ4v) is 4.80. The van der Waals surface area contributed by atoms with Gasteiger partial charge in [0.25, 0.3) is 0 Å². The molecule has 2 aromatic heterocycles. The van der Waals surface area contributed by atoms with E-state index in [9.17, 15) is 4.79 Å². The number of amides is 1. The lowest BCUT2D eigenvalue weighted by Gasteiger charge is -2.19. The van der Waals surface area contributed by atoms with Crippen LogP contribution in [-0.4, -0.2) is 38.4 Å². The molecule has 0 unspecified atom stereocenters. The minimum absolute atomic E-state index is 0.0404. The molecule has 29 heavy (non-hydrogen) atoms. The van der Waals surface area contributed by atoms with E-state index in [0.29, 0.717) is 12.3 Å². The summed E-state index contributed by atoms with van der Waals surface area (Å²) < 4.78 is 2.67. The van der Waals surface area contributed by atoms with Gasteiger partial charge in [0, 0.05) is 24.5 Å². The van der Waals surface area contributed by atoms with E-state index in [4.69, 9.17) is 11.6 Å². The van der Waals surface area contributed by atoms with E-state index >= 15 is 0 Å². The largest absolute Gasteiger partial charge is 0.340 e. The van der Waals surface area contributed by atoms with Gasteiger partial charge in [-0.3, -0.25) is 4.79 Å². The van der Waals surface area contributed by atoms with Gasteiger partial charge >= 0.3 is 0 Å². The third kappa shape index (κ3) is 5.41. The smallest absolute Gasteiger partial charge is 0.233 e. The van der Waals surface area contributed by atoms with Crippen LogP contribution in [0, 0.1) is 0 Å². The molecule has 0 spiro atoms. The average molecular weight is 449 g/mol. The second kappa shape index (κ2) is 8.90. The monoisotopic (exact) mass is 448 g/mol. The second-order valence-electron chi connectivity index (χ2n) is 7.94. The molecule has 0 N–H and O–H groups in total. The zero-order chi connectivity index (χ0) is 21.2. The Morgan fingerprint density at radius 1 is 1.17 bits per heavy atom. The van der Waals surface area contributed by atoms with E-state index in [2.05, 4.69) is 55.2 Å². The number of carbonyl (C=O) groups excluding carboxylic acids is 1. The topological polar surface area (TPSA) is 51.0 Å². The van der Waals surface area contributed by atoms with E-state index in [1.54, 1.807) is 11.9 Å². The molecule has 0 aliphatic heterocycles. The first-order valence-corrected chi connectivity index (χ1v) is 11.4. The van der Waals surface area contributed by atoms with E-state index in [1.807, 2.05) is 23.7 Å². The normalized spacial score (nSPS) is 11.7. The molecule has 1 aromatic carbocycles. The minimum Gasteiger partial charge on any atom is -0.340 e. The standard InChI is InChI=1S/C21H25ClN4OS2/c1-21(2,3)15-8-6-14(7-9-15)19-23-24-20(26(19)5)28-13-18(27)25(4)12-16-10-11-17(22)29-16/h6-11H,12-13H2,1-5H3.